The lowest BCUT2D eigenvalue weighted by Gasteiger charge is -2.13. The summed E-state index contributed by atoms with van der Waals surface area (Å²) in [5.41, 5.74) is 1.78. The van der Waals surface area contributed by atoms with Gasteiger partial charge in [-0.15, -0.1) is 0 Å². The van der Waals surface area contributed by atoms with Crippen LogP contribution in [0, 0.1) is 0 Å². The zero-order valence-electron chi connectivity index (χ0n) is 13.3. The number of fused-ring (bicyclic) bond motifs is 1. The lowest BCUT2D eigenvalue weighted by molar-refractivity contribution is 0.0649. The minimum absolute atomic E-state index is 0.0169. The van der Waals surface area contributed by atoms with Crippen molar-refractivity contribution < 1.29 is 19.4 Å². The molecule has 0 spiro atoms. The van der Waals surface area contributed by atoms with E-state index in [9.17, 15) is 9.59 Å². The van der Waals surface area contributed by atoms with Crippen molar-refractivity contribution >= 4 is 11.8 Å². The van der Waals surface area contributed by atoms with Crippen LogP contribution >= 0.6 is 0 Å². The van der Waals surface area contributed by atoms with E-state index in [0.29, 0.717) is 36.4 Å². The first-order chi connectivity index (χ1) is 11.7. The standard InChI is InChI=1S/C19H19NO4/c21-13-14-6-5-7-15(12-14)24-11-4-3-10-20-18(22)16-8-1-2-9-17(16)19(20)23/h1-2,5-9,12,21H,3-4,10-11,13H2. The normalized spacial score (nSPS) is 13.3. The number of imide groups is 1. The van der Waals surface area contributed by atoms with Crippen molar-refractivity contribution in [3.05, 3.63) is 65.2 Å². The molecular formula is C19H19NO4. The van der Waals surface area contributed by atoms with E-state index in [0.717, 1.165) is 12.0 Å². The maximum atomic E-state index is 12.2. The SMILES string of the molecule is O=C1c2ccccc2C(=O)N1CCCCOc1cccc(CO)c1. The van der Waals surface area contributed by atoms with Gasteiger partial charge in [-0.3, -0.25) is 14.5 Å². The molecule has 5 nitrogen and oxygen atoms in total. The smallest absolute Gasteiger partial charge is 0.261 e. The third-order valence-electron chi connectivity index (χ3n) is 4.00. The molecule has 5 heteroatoms. The highest BCUT2D eigenvalue weighted by Gasteiger charge is 2.34. The third-order valence-corrected chi connectivity index (χ3v) is 4.00. The lowest BCUT2D eigenvalue weighted by Crippen LogP contribution is -2.30. The van der Waals surface area contributed by atoms with Crippen LogP contribution < -0.4 is 4.74 Å². The van der Waals surface area contributed by atoms with Gasteiger partial charge >= 0.3 is 0 Å². The van der Waals surface area contributed by atoms with E-state index in [1.807, 2.05) is 18.2 Å². The monoisotopic (exact) mass is 325 g/mol. The molecule has 1 heterocycles. The molecule has 2 amide bonds. The van der Waals surface area contributed by atoms with Gasteiger partial charge in [-0.2, -0.15) is 0 Å². The van der Waals surface area contributed by atoms with Gasteiger partial charge in [0.2, 0.25) is 0 Å². The fraction of sp³-hybridized carbons (Fsp3) is 0.263. The molecule has 0 saturated heterocycles. The van der Waals surface area contributed by atoms with E-state index in [1.54, 1.807) is 30.3 Å². The molecule has 124 valence electrons. The van der Waals surface area contributed by atoms with E-state index < -0.39 is 0 Å². The Hall–Kier alpha value is -2.66. The van der Waals surface area contributed by atoms with Crippen LogP contribution in [0.5, 0.6) is 5.75 Å². The molecule has 0 atom stereocenters. The van der Waals surface area contributed by atoms with E-state index in [-0.39, 0.29) is 18.4 Å². The number of carbonyl (C=O) groups is 2. The summed E-state index contributed by atoms with van der Waals surface area (Å²) in [6.07, 6.45) is 1.42. The highest BCUT2D eigenvalue weighted by molar-refractivity contribution is 6.21. The molecule has 2 aromatic carbocycles. The summed E-state index contributed by atoms with van der Waals surface area (Å²) in [7, 11) is 0. The van der Waals surface area contributed by atoms with Crippen LogP contribution in [0.25, 0.3) is 0 Å². The number of benzene rings is 2. The Morgan fingerprint density at radius 2 is 1.62 bits per heavy atom. The fourth-order valence-corrected chi connectivity index (χ4v) is 2.74. The summed E-state index contributed by atoms with van der Waals surface area (Å²) in [6, 6.07) is 14.2. The molecule has 0 unspecified atom stereocenters. The molecule has 2 aromatic rings. The minimum atomic E-state index is -0.216. The van der Waals surface area contributed by atoms with Crippen molar-refractivity contribution in [2.45, 2.75) is 19.4 Å². The Balaban J connectivity index is 1.46. The Morgan fingerprint density at radius 3 is 2.29 bits per heavy atom. The van der Waals surface area contributed by atoms with E-state index in [4.69, 9.17) is 9.84 Å². The molecule has 24 heavy (non-hydrogen) atoms. The Kier molecular flexibility index (Phi) is 4.91. The zero-order chi connectivity index (χ0) is 16.9. The summed E-state index contributed by atoms with van der Waals surface area (Å²) < 4.78 is 5.63. The molecule has 3 rings (SSSR count). The van der Waals surface area contributed by atoms with Crippen molar-refractivity contribution in [1.29, 1.82) is 0 Å². The van der Waals surface area contributed by atoms with Gasteiger partial charge in [0.15, 0.2) is 0 Å². The Labute approximate surface area is 140 Å². The summed E-state index contributed by atoms with van der Waals surface area (Å²) in [4.78, 5) is 25.7. The number of amides is 2. The van der Waals surface area contributed by atoms with Gasteiger partial charge < -0.3 is 9.84 Å². The summed E-state index contributed by atoms with van der Waals surface area (Å²) >= 11 is 0. The molecule has 0 saturated carbocycles. The third kappa shape index (κ3) is 3.31. The van der Waals surface area contributed by atoms with Gasteiger partial charge in [0, 0.05) is 6.54 Å². The molecule has 0 aromatic heterocycles. The molecule has 0 radical (unpaired) electrons. The molecule has 0 bridgehead atoms. The molecule has 1 aliphatic rings. The molecule has 0 fully saturated rings. The highest BCUT2D eigenvalue weighted by atomic mass is 16.5. The number of hydrogen-bond acceptors (Lipinski definition) is 4. The number of aliphatic hydroxyl groups excluding tert-OH is 1. The van der Waals surface area contributed by atoms with E-state index in [2.05, 4.69) is 0 Å². The van der Waals surface area contributed by atoms with Gasteiger partial charge in [0.25, 0.3) is 11.8 Å². The van der Waals surface area contributed by atoms with Crippen molar-refractivity contribution in [2.75, 3.05) is 13.2 Å². The van der Waals surface area contributed by atoms with Crippen molar-refractivity contribution in [3.63, 3.8) is 0 Å². The first-order valence-electron chi connectivity index (χ1n) is 7.98. The number of unbranched alkanes of at least 4 members (excludes halogenated alkanes) is 1. The van der Waals surface area contributed by atoms with Gasteiger partial charge in [0.1, 0.15) is 5.75 Å². The number of nitrogens with zero attached hydrogens (tertiary/aromatic N) is 1. The first kappa shape index (κ1) is 16.2. The van der Waals surface area contributed by atoms with Gasteiger partial charge in [-0.25, -0.2) is 0 Å². The molecule has 1 N–H and O–H groups in total. The molecule has 0 aliphatic carbocycles. The van der Waals surface area contributed by atoms with Crippen LogP contribution in [0.3, 0.4) is 0 Å². The zero-order valence-corrected chi connectivity index (χ0v) is 13.3. The number of aliphatic hydroxyl groups is 1. The lowest BCUT2D eigenvalue weighted by atomic mass is 10.1. The molecule has 1 aliphatic heterocycles. The second kappa shape index (κ2) is 7.27. The van der Waals surface area contributed by atoms with Crippen molar-refractivity contribution in [2.24, 2.45) is 0 Å². The largest absolute Gasteiger partial charge is 0.494 e. The Bertz CT molecular complexity index is 722. The number of ether oxygens (including phenoxy) is 1. The second-order valence-electron chi connectivity index (χ2n) is 5.67. The quantitative estimate of drug-likeness (QED) is 0.628. The van der Waals surface area contributed by atoms with E-state index >= 15 is 0 Å². The van der Waals surface area contributed by atoms with Crippen LogP contribution in [0.1, 0.15) is 39.1 Å². The van der Waals surface area contributed by atoms with Crippen molar-refractivity contribution in [1.82, 2.24) is 4.90 Å². The predicted molar refractivity (Wildman–Crippen MR) is 88.9 cm³/mol. The van der Waals surface area contributed by atoms with Gasteiger partial charge in [0.05, 0.1) is 24.3 Å². The van der Waals surface area contributed by atoms with Gasteiger partial charge in [-0.05, 0) is 42.7 Å². The minimum Gasteiger partial charge on any atom is -0.494 e. The van der Waals surface area contributed by atoms with Crippen molar-refractivity contribution in [3.8, 4) is 5.75 Å². The topological polar surface area (TPSA) is 66.8 Å². The molecular weight excluding hydrogens is 306 g/mol. The fourth-order valence-electron chi connectivity index (χ4n) is 2.74. The summed E-state index contributed by atoms with van der Waals surface area (Å²) in [5.74, 6) is 0.279. The highest BCUT2D eigenvalue weighted by Crippen LogP contribution is 2.22. The van der Waals surface area contributed by atoms with E-state index in [1.165, 1.54) is 4.90 Å². The number of rotatable bonds is 7. The predicted octanol–water partition coefficient (Wildman–Crippen LogP) is 2.63. The number of hydrogen-bond donors (Lipinski definition) is 1. The average molecular weight is 325 g/mol. The van der Waals surface area contributed by atoms with Crippen LogP contribution in [0.15, 0.2) is 48.5 Å². The summed E-state index contributed by atoms with van der Waals surface area (Å²) in [5, 5.41) is 9.09. The number of carbonyl (C=O) groups excluding carboxylic acids is 2. The maximum Gasteiger partial charge on any atom is 0.261 e. The van der Waals surface area contributed by atoms with Crippen LogP contribution in [0.2, 0.25) is 0 Å². The van der Waals surface area contributed by atoms with Crippen LogP contribution in [0.4, 0.5) is 0 Å². The average Bonchev–Trinajstić information content (AvgIpc) is 2.86. The maximum absolute atomic E-state index is 12.2. The second-order valence-corrected chi connectivity index (χ2v) is 5.67. The summed E-state index contributed by atoms with van der Waals surface area (Å²) in [6.45, 7) is 0.876. The first-order valence-corrected chi connectivity index (χ1v) is 7.98. The van der Waals surface area contributed by atoms with Gasteiger partial charge in [-0.1, -0.05) is 24.3 Å². The van der Waals surface area contributed by atoms with Crippen LogP contribution in [-0.4, -0.2) is 35.0 Å². The van der Waals surface area contributed by atoms with Crippen LogP contribution in [-0.2, 0) is 6.61 Å². The Morgan fingerprint density at radius 1 is 0.917 bits per heavy atom.